The lowest BCUT2D eigenvalue weighted by Crippen LogP contribution is -2.19. The molecule has 0 spiro atoms. The number of hydrogen-bond acceptors (Lipinski definition) is 1. The van der Waals surface area contributed by atoms with Gasteiger partial charge in [0.05, 0.1) is 5.69 Å². The van der Waals surface area contributed by atoms with Crippen molar-refractivity contribution in [2.24, 2.45) is 0 Å². The first kappa shape index (κ1) is 19.1. The number of nitrogens with zero attached hydrogens (tertiary/aromatic N) is 2. The quantitative estimate of drug-likeness (QED) is 0.265. The van der Waals surface area contributed by atoms with Gasteiger partial charge in [0.15, 0.2) is 0 Å². The number of halogens is 1. The van der Waals surface area contributed by atoms with E-state index in [2.05, 4.69) is 126 Å². The van der Waals surface area contributed by atoms with E-state index in [1.165, 1.54) is 22.2 Å². The largest absolute Gasteiger partial charge is 0.294 e. The molecular formula is C27H23BrN2. The van der Waals surface area contributed by atoms with Crippen LogP contribution in [0.1, 0.15) is 26.5 Å². The van der Waals surface area contributed by atoms with Gasteiger partial charge in [-0.15, -0.1) is 0 Å². The Kier molecular flexibility index (Phi) is 4.52. The molecular weight excluding hydrogens is 432 g/mol. The number of rotatable bonds is 2. The molecule has 0 fully saturated rings. The second-order valence-electron chi connectivity index (χ2n) is 8.66. The average molecular weight is 455 g/mol. The van der Waals surface area contributed by atoms with Crippen LogP contribution in [0.25, 0.3) is 38.8 Å². The molecule has 30 heavy (non-hydrogen) atoms. The van der Waals surface area contributed by atoms with Crippen molar-refractivity contribution in [1.29, 1.82) is 0 Å². The van der Waals surface area contributed by atoms with Gasteiger partial charge in [0.2, 0.25) is 0 Å². The van der Waals surface area contributed by atoms with Crippen LogP contribution in [0.2, 0.25) is 0 Å². The van der Waals surface area contributed by atoms with E-state index in [1.807, 2.05) is 0 Å². The molecule has 0 bridgehead atoms. The number of fused-ring (bicyclic) bond motifs is 3. The van der Waals surface area contributed by atoms with Gasteiger partial charge in [-0.2, -0.15) is 0 Å². The average Bonchev–Trinajstić information content (AvgIpc) is 3.09. The molecule has 0 aliphatic heterocycles. The SMILES string of the molecule is CC(C)(C)c1c(-c2ccccc2)c2ccccc2c2nc(Br)c(-c3ccccc3)n12. The Balaban J connectivity index is 2.08. The van der Waals surface area contributed by atoms with Gasteiger partial charge in [0.25, 0.3) is 0 Å². The van der Waals surface area contributed by atoms with Gasteiger partial charge in [-0.3, -0.25) is 4.40 Å². The zero-order chi connectivity index (χ0) is 20.9. The van der Waals surface area contributed by atoms with Crippen molar-refractivity contribution in [3.8, 4) is 22.4 Å². The van der Waals surface area contributed by atoms with Crippen LogP contribution >= 0.6 is 15.9 Å². The number of pyridine rings is 1. The Bertz CT molecular complexity index is 1360. The monoisotopic (exact) mass is 454 g/mol. The van der Waals surface area contributed by atoms with E-state index < -0.39 is 0 Å². The van der Waals surface area contributed by atoms with Gasteiger partial charge >= 0.3 is 0 Å². The fourth-order valence-electron chi connectivity index (χ4n) is 4.38. The van der Waals surface area contributed by atoms with Crippen molar-refractivity contribution >= 4 is 32.3 Å². The molecule has 3 aromatic carbocycles. The highest BCUT2D eigenvalue weighted by Crippen LogP contribution is 2.43. The summed E-state index contributed by atoms with van der Waals surface area (Å²) in [6.07, 6.45) is 0. The molecule has 0 aliphatic rings. The summed E-state index contributed by atoms with van der Waals surface area (Å²) in [5.41, 5.74) is 6.89. The van der Waals surface area contributed by atoms with Crippen LogP contribution < -0.4 is 0 Å². The van der Waals surface area contributed by atoms with Crippen molar-refractivity contribution in [2.75, 3.05) is 0 Å². The number of benzene rings is 3. The lowest BCUT2D eigenvalue weighted by atomic mass is 9.83. The molecule has 0 saturated carbocycles. The van der Waals surface area contributed by atoms with Crippen molar-refractivity contribution in [1.82, 2.24) is 9.38 Å². The normalized spacial score (nSPS) is 12.0. The summed E-state index contributed by atoms with van der Waals surface area (Å²) in [6, 6.07) is 29.8. The van der Waals surface area contributed by atoms with Crippen LogP contribution in [0.3, 0.4) is 0 Å². The molecule has 0 N–H and O–H groups in total. The molecule has 0 aliphatic carbocycles. The lowest BCUT2D eigenvalue weighted by molar-refractivity contribution is 0.565. The molecule has 0 unspecified atom stereocenters. The summed E-state index contributed by atoms with van der Waals surface area (Å²) in [5.74, 6) is 0. The van der Waals surface area contributed by atoms with Crippen molar-refractivity contribution < 1.29 is 0 Å². The predicted molar refractivity (Wildman–Crippen MR) is 130 cm³/mol. The number of imidazole rings is 1. The maximum absolute atomic E-state index is 5.01. The molecule has 148 valence electrons. The van der Waals surface area contributed by atoms with E-state index in [4.69, 9.17) is 4.98 Å². The third kappa shape index (κ3) is 2.96. The zero-order valence-corrected chi connectivity index (χ0v) is 18.9. The van der Waals surface area contributed by atoms with Crippen molar-refractivity contribution in [3.05, 3.63) is 95.2 Å². The van der Waals surface area contributed by atoms with Crippen LogP contribution in [-0.4, -0.2) is 9.38 Å². The van der Waals surface area contributed by atoms with Crippen LogP contribution in [-0.2, 0) is 5.41 Å². The standard InChI is InChI=1S/C27H23BrN2/c1-27(2,3)24-22(18-12-6-4-7-13-18)20-16-10-11-17-21(20)26-29-25(28)23(30(24)26)19-14-8-5-9-15-19/h4-17H,1-3H3. The molecule has 3 heteroatoms. The Morgan fingerprint density at radius 3 is 1.83 bits per heavy atom. The van der Waals surface area contributed by atoms with E-state index in [-0.39, 0.29) is 5.41 Å². The molecule has 2 heterocycles. The topological polar surface area (TPSA) is 17.3 Å². The molecule has 0 atom stereocenters. The van der Waals surface area contributed by atoms with Crippen molar-refractivity contribution in [2.45, 2.75) is 26.2 Å². The predicted octanol–water partition coefficient (Wildman–Crippen LogP) is 7.88. The third-order valence-electron chi connectivity index (χ3n) is 5.55. The first-order valence-corrected chi connectivity index (χ1v) is 11.0. The molecule has 0 amide bonds. The maximum Gasteiger partial charge on any atom is 0.146 e. The smallest absolute Gasteiger partial charge is 0.146 e. The van der Waals surface area contributed by atoms with E-state index in [9.17, 15) is 0 Å². The lowest BCUT2D eigenvalue weighted by Gasteiger charge is -2.27. The summed E-state index contributed by atoms with van der Waals surface area (Å²) < 4.78 is 3.24. The third-order valence-corrected chi connectivity index (χ3v) is 6.11. The van der Waals surface area contributed by atoms with Gasteiger partial charge < -0.3 is 0 Å². The second kappa shape index (κ2) is 7.10. The van der Waals surface area contributed by atoms with Crippen LogP contribution in [0.15, 0.2) is 89.5 Å². The molecule has 0 saturated heterocycles. The summed E-state index contributed by atoms with van der Waals surface area (Å²) in [5, 5.41) is 2.39. The highest BCUT2D eigenvalue weighted by Gasteiger charge is 2.28. The Hall–Kier alpha value is -2.91. The fourth-order valence-corrected chi connectivity index (χ4v) is 4.95. The second-order valence-corrected chi connectivity index (χ2v) is 9.41. The molecule has 5 aromatic rings. The molecule has 2 aromatic heterocycles. The van der Waals surface area contributed by atoms with Gasteiger partial charge in [-0.25, -0.2) is 4.98 Å². The summed E-state index contributed by atoms with van der Waals surface area (Å²) in [4.78, 5) is 5.01. The Labute approximate surface area is 185 Å². The molecule has 5 rings (SSSR count). The van der Waals surface area contributed by atoms with Gasteiger partial charge in [0.1, 0.15) is 10.3 Å². The van der Waals surface area contributed by atoms with E-state index in [0.29, 0.717) is 0 Å². The first-order chi connectivity index (χ1) is 14.5. The van der Waals surface area contributed by atoms with E-state index in [1.54, 1.807) is 0 Å². The minimum atomic E-state index is -0.100. The first-order valence-electron chi connectivity index (χ1n) is 10.2. The number of aromatic nitrogens is 2. The Morgan fingerprint density at radius 1 is 0.700 bits per heavy atom. The summed E-state index contributed by atoms with van der Waals surface area (Å²) in [6.45, 7) is 6.85. The number of hydrogen-bond donors (Lipinski definition) is 0. The van der Waals surface area contributed by atoms with Gasteiger partial charge in [0, 0.05) is 27.6 Å². The summed E-state index contributed by atoms with van der Waals surface area (Å²) >= 11 is 3.78. The van der Waals surface area contributed by atoms with Gasteiger partial charge in [-0.05, 0) is 26.9 Å². The fraction of sp³-hybridized carbons (Fsp3) is 0.148. The minimum Gasteiger partial charge on any atom is -0.294 e. The molecule has 2 nitrogen and oxygen atoms in total. The van der Waals surface area contributed by atoms with Crippen LogP contribution in [0, 0.1) is 0 Å². The van der Waals surface area contributed by atoms with Gasteiger partial charge in [-0.1, -0.05) is 106 Å². The summed E-state index contributed by atoms with van der Waals surface area (Å²) in [7, 11) is 0. The van der Waals surface area contributed by atoms with E-state index in [0.717, 1.165) is 26.9 Å². The van der Waals surface area contributed by atoms with Crippen molar-refractivity contribution in [3.63, 3.8) is 0 Å². The van der Waals surface area contributed by atoms with Crippen LogP contribution in [0.4, 0.5) is 0 Å². The zero-order valence-electron chi connectivity index (χ0n) is 17.4. The van der Waals surface area contributed by atoms with Crippen LogP contribution in [0.5, 0.6) is 0 Å². The molecule has 0 radical (unpaired) electrons. The minimum absolute atomic E-state index is 0.100. The Morgan fingerprint density at radius 2 is 1.23 bits per heavy atom. The highest BCUT2D eigenvalue weighted by molar-refractivity contribution is 9.10. The highest BCUT2D eigenvalue weighted by atomic mass is 79.9. The van der Waals surface area contributed by atoms with E-state index >= 15 is 0 Å². The maximum atomic E-state index is 5.01.